The number of methoxy groups -OCH3 is 1. The number of ether oxygens (including phenoxy) is 1. The normalized spacial score (nSPS) is 14.9. The largest absolute Gasteiger partial charge is 0.496 e. The lowest BCUT2D eigenvalue weighted by molar-refractivity contribution is 0.102. The summed E-state index contributed by atoms with van der Waals surface area (Å²) < 4.78 is 5.14. The topological polar surface area (TPSA) is 39.2 Å². The first-order valence-electron chi connectivity index (χ1n) is 5.04. The van der Waals surface area contributed by atoms with Crippen LogP contribution < -0.4 is 4.74 Å². The summed E-state index contributed by atoms with van der Waals surface area (Å²) in [5, 5.41) is 0. The first-order valence-corrected chi connectivity index (χ1v) is 5.04. The van der Waals surface area contributed by atoms with Gasteiger partial charge in [-0.15, -0.1) is 0 Å². The molecule has 1 aromatic rings. The highest BCUT2D eigenvalue weighted by Gasteiger charge is 2.18. The molecule has 0 aliphatic heterocycles. The maximum absolute atomic E-state index is 12.0. The lowest BCUT2D eigenvalue weighted by Crippen LogP contribution is -2.04. The number of carbonyl (C=O) groups is 1. The summed E-state index contributed by atoms with van der Waals surface area (Å²) in [6.45, 7) is 0. The monoisotopic (exact) mass is 203 g/mol. The predicted octanol–water partition coefficient (Wildman–Crippen LogP) is 2.38. The van der Waals surface area contributed by atoms with Crippen LogP contribution in [0, 0.1) is 0 Å². The van der Waals surface area contributed by atoms with E-state index in [1.807, 2.05) is 6.08 Å². The van der Waals surface area contributed by atoms with Crippen molar-refractivity contribution in [3.63, 3.8) is 0 Å². The highest BCUT2D eigenvalue weighted by atomic mass is 16.5. The van der Waals surface area contributed by atoms with Crippen molar-refractivity contribution in [2.75, 3.05) is 7.11 Å². The zero-order chi connectivity index (χ0) is 10.7. The Morgan fingerprint density at radius 2 is 2.40 bits per heavy atom. The van der Waals surface area contributed by atoms with Gasteiger partial charge < -0.3 is 4.74 Å². The van der Waals surface area contributed by atoms with Gasteiger partial charge in [-0.3, -0.25) is 9.78 Å². The molecule has 1 aromatic heterocycles. The second kappa shape index (κ2) is 4.26. The van der Waals surface area contributed by atoms with Crippen LogP contribution in [0.25, 0.3) is 0 Å². The van der Waals surface area contributed by atoms with Crippen molar-refractivity contribution >= 4 is 5.78 Å². The second-order valence-electron chi connectivity index (χ2n) is 3.53. The molecule has 0 atom stereocenters. The van der Waals surface area contributed by atoms with Crippen molar-refractivity contribution in [1.29, 1.82) is 0 Å². The van der Waals surface area contributed by atoms with Crippen molar-refractivity contribution in [2.45, 2.75) is 19.3 Å². The molecule has 2 rings (SSSR count). The molecule has 0 saturated carbocycles. The number of ketones is 1. The Kier molecular flexibility index (Phi) is 2.81. The molecule has 15 heavy (non-hydrogen) atoms. The predicted molar refractivity (Wildman–Crippen MR) is 57.1 cm³/mol. The number of pyridine rings is 1. The SMILES string of the molecule is COc1ccncc1C(=O)C1=CCCC1. The van der Waals surface area contributed by atoms with Crippen LogP contribution in [-0.2, 0) is 0 Å². The number of hydrogen-bond acceptors (Lipinski definition) is 3. The average molecular weight is 203 g/mol. The average Bonchev–Trinajstić information content (AvgIpc) is 2.81. The molecule has 0 N–H and O–H groups in total. The number of Topliss-reactive ketones (excluding diaryl/α,β-unsaturated/α-hetero) is 1. The van der Waals surface area contributed by atoms with E-state index in [1.165, 1.54) is 0 Å². The molecule has 1 heterocycles. The highest BCUT2D eigenvalue weighted by molar-refractivity contribution is 6.10. The molecular weight excluding hydrogens is 190 g/mol. The summed E-state index contributed by atoms with van der Waals surface area (Å²) >= 11 is 0. The summed E-state index contributed by atoms with van der Waals surface area (Å²) in [7, 11) is 1.56. The Morgan fingerprint density at radius 1 is 1.53 bits per heavy atom. The van der Waals surface area contributed by atoms with Gasteiger partial charge in [-0.2, -0.15) is 0 Å². The van der Waals surface area contributed by atoms with E-state index < -0.39 is 0 Å². The molecule has 3 heteroatoms. The Morgan fingerprint density at radius 3 is 3.07 bits per heavy atom. The molecule has 0 unspecified atom stereocenters. The molecule has 0 radical (unpaired) electrons. The van der Waals surface area contributed by atoms with Gasteiger partial charge in [0.05, 0.1) is 12.7 Å². The third-order valence-corrected chi connectivity index (χ3v) is 2.58. The Labute approximate surface area is 88.8 Å². The molecule has 78 valence electrons. The molecule has 0 saturated heterocycles. The molecule has 3 nitrogen and oxygen atoms in total. The van der Waals surface area contributed by atoms with Gasteiger partial charge >= 0.3 is 0 Å². The van der Waals surface area contributed by atoms with Gasteiger partial charge in [0.15, 0.2) is 5.78 Å². The summed E-state index contributed by atoms with van der Waals surface area (Å²) in [5.41, 5.74) is 1.45. The van der Waals surface area contributed by atoms with E-state index in [4.69, 9.17) is 4.74 Å². The van der Waals surface area contributed by atoms with Crippen LogP contribution in [0.15, 0.2) is 30.1 Å². The number of allylic oxidation sites excluding steroid dienone is 2. The van der Waals surface area contributed by atoms with Crippen molar-refractivity contribution in [3.05, 3.63) is 35.7 Å². The van der Waals surface area contributed by atoms with Crippen molar-refractivity contribution < 1.29 is 9.53 Å². The number of rotatable bonds is 3. The molecule has 0 amide bonds. The van der Waals surface area contributed by atoms with E-state index in [9.17, 15) is 4.79 Å². The number of carbonyl (C=O) groups excluding carboxylic acids is 1. The maximum Gasteiger partial charge on any atom is 0.193 e. The third kappa shape index (κ3) is 1.91. The minimum Gasteiger partial charge on any atom is -0.496 e. The molecule has 1 aliphatic rings. The number of hydrogen-bond donors (Lipinski definition) is 0. The minimum absolute atomic E-state index is 0.0532. The van der Waals surface area contributed by atoms with Gasteiger partial charge in [-0.1, -0.05) is 6.08 Å². The molecule has 0 bridgehead atoms. The standard InChI is InChI=1S/C12H13NO2/c1-15-11-6-7-13-8-10(11)12(14)9-4-2-3-5-9/h4,6-8H,2-3,5H2,1H3. The Hall–Kier alpha value is -1.64. The first-order chi connectivity index (χ1) is 7.33. The summed E-state index contributed by atoms with van der Waals surface area (Å²) in [5.74, 6) is 0.653. The van der Waals surface area contributed by atoms with E-state index in [0.29, 0.717) is 11.3 Å². The first kappa shape index (κ1) is 9.90. The van der Waals surface area contributed by atoms with Gasteiger partial charge in [-0.05, 0) is 30.9 Å². The maximum atomic E-state index is 12.0. The summed E-state index contributed by atoms with van der Waals surface area (Å²) in [6.07, 6.45) is 8.15. The van der Waals surface area contributed by atoms with E-state index in [0.717, 1.165) is 24.8 Å². The van der Waals surface area contributed by atoms with Gasteiger partial charge in [0.2, 0.25) is 0 Å². The fourth-order valence-corrected chi connectivity index (χ4v) is 1.78. The van der Waals surface area contributed by atoms with E-state index in [2.05, 4.69) is 4.98 Å². The van der Waals surface area contributed by atoms with Crippen LogP contribution in [-0.4, -0.2) is 17.9 Å². The fourth-order valence-electron chi connectivity index (χ4n) is 1.78. The highest BCUT2D eigenvalue weighted by Crippen LogP contribution is 2.25. The van der Waals surface area contributed by atoms with Crippen LogP contribution in [0.2, 0.25) is 0 Å². The molecule has 0 fully saturated rings. The zero-order valence-electron chi connectivity index (χ0n) is 8.69. The quantitative estimate of drug-likeness (QED) is 0.708. The number of nitrogens with zero attached hydrogens (tertiary/aromatic N) is 1. The van der Waals surface area contributed by atoms with Crippen LogP contribution in [0.4, 0.5) is 0 Å². The number of aromatic nitrogens is 1. The molecule has 0 aromatic carbocycles. The van der Waals surface area contributed by atoms with Gasteiger partial charge in [0, 0.05) is 12.4 Å². The second-order valence-corrected chi connectivity index (χ2v) is 3.53. The van der Waals surface area contributed by atoms with E-state index in [-0.39, 0.29) is 5.78 Å². The lowest BCUT2D eigenvalue weighted by atomic mass is 10.0. The lowest BCUT2D eigenvalue weighted by Gasteiger charge is -2.06. The molecule has 1 aliphatic carbocycles. The summed E-state index contributed by atoms with van der Waals surface area (Å²) in [4.78, 5) is 16.0. The van der Waals surface area contributed by atoms with Crippen molar-refractivity contribution in [1.82, 2.24) is 4.98 Å². The van der Waals surface area contributed by atoms with Gasteiger partial charge in [0.25, 0.3) is 0 Å². The van der Waals surface area contributed by atoms with Crippen LogP contribution in [0.5, 0.6) is 5.75 Å². The Bertz CT molecular complexity index is 410. The smallest absolute Gasteiger partial charge is 0.193 e. The third-order valence-electron chi connectivity index (χ3n) is 2.58. The molecular formula is C12H13NO2. The van der Waals surface area contributed by atoms with Gasteiger partial charge in [0.1, 0.15) is 5.75 Å². The summed E-state index contributed by atoms with van der Waals surface area (Å²) in [6, 6.07) is 1.71. The van der Waals surface area contributed by atoms with Crippen molar-refractivity contribution in [2.24, 2.45) is 0 Å². The van der Waals surface area contributed by atoms with Crippen molar-refractivity contribution in [3.8, 4) is 5.75 Å². The minimum atomic E-state index is 0.0532. The van der Waals surface area contributed by atoms with Crippen LogP contribution >= 0.6 is 0 Å². The van der Waals surface area contributed by atoms with Gasteiger partial charge in [-0.25, -0.2) is 0 Å². The fraction of sp³-hybridized carbons (Fsp3) is 0.333. The zero-order valence-corrected chi connectivity index (χ0v) is 8.69. The Balaban J connectivity index is 2.32. The van der Waals surface area contributed by atoms with Crippen LogP contribution in [0.3, 0.4) is 0 Å². The van der Waals surface area contributed by atoms with E-state index in [1.54, 1.807) is 25.6 Å². The van der Waals surface area contributed by atoms with Crippen LogP contribution in [0.1, 0.15) is 29.6 Å². The molecule has 0 spiro atoms. The van der Waals surface area contributed by atoms with E-state index >= 15 is 0 Å².